The average Bonchev–Trinajstić information content (AvgIpc) is 2.84. The normalized spacial score (nSPS) is 30.4. The van der Waals surface area contributed by atoms with Gasteiger partial charge in [-0.05, 0) is 43.4 Å². The number of benzene rings is 1. The Hall–Kier alpha value is -1.49. The van der Waals surface area contributed by atoms with Gasteiger partial charge in [0.05, 0.1) is 19.7 Å². The number of ether oxygens (including phenoxy) is 1. The second kappa shape index (κ2) is 6.95. The van der Waals surface area contributed by atoms with Crippen LogP contribution in [0.15, 0.2) is 24.3 Å². The monoisotopic (exact) mass is 322 g/mol. The van der Waals surface area contributed by atoms with Crippen molar-refractivity contribution in [3.63, 3.8) is 0 Å². The fourth-order valence-corrected chi connectivity index (χ4v) is 4.41. The molecule has 2 aliphatic rings. The van der Waals surface area contributed by atoms with Gasteiger partial charge in [0.25, 0.3) is 0 Å². The number of carbonyl (C=O) groups excluding carboxylic acids is 1. The van der Waals surface area contributed by atoms with Crippen LogP contribution in [0.2, 0.25) is 0 Å². The standard InChI is InChI=1S/C18H23F2NO2/c1-23-18(22)17-15(12-3-5-13(20)6-4-12)11-14-7-8-16(17)21(14)10-2-9-19/h3-6,14-17H,2,7-11H2,1H3/i19-1. The van der Waals surface area contributed by atoms with E-state index in [9.17, 15) is 13.6 Å². The van der Waals surface area contributed by atoms with Gasteiger partial charge in [0.15, 0.2) is 0 Å². The molecular weight excluding hydrogens is 299 g/mol. The Morgan fingerprint density at radius 3 is 2.70 bits per heavy atom. The van der Waals surface area contributed by atoms with Gasteiger partial charge in [-0.2, -0.15) is 0 Å². The van der Waals surface area contributed by atoms with E-state index >= 15 is 0 Å². The number of esters is 1. The molecular formula is C18H23F2NO2. The van der Waals surface area contributed by atoms with Crippen molar-refractivity contribution in [2.45, 2.75) is 43.7 Å². The van der Waals surface area contributed by atoms with Crippen LogP contribution in [-0.4, -0.2) is 43.3 Å². The van der Waals surface area contributed by atoms with Crippen LogP contribution in [0.25, 0.3) is 0 Å². The van der Waals surface area contributed by atoms with E-state index in [1.54, 1.807) is 12.1 Å². The number of fused-ring (bicyclic) bond motifs is 2. The van der Waals surface area contributed by atoms with E-state index in [1.807, 2.05) is 0 Å². The van der Waals surface area contributed by atoms with Crippen LogP contribution >= 0.6 is 0 Å². The van der Waals surface area contributed by atoms with E-state index in [0.717, 1.165) is 24.8 Å². The summed E-state index contributed by atoms with van der Waals surface area (Å²) in [5, 5.41) is 0. The lowest BCUT2D eigenvalue weighted by Crippen LogP contribution is -2.51. The van der Waals surface area contributed by atoms with Crippen molar-refractivity contribution in [2.75, 3.05) is 20.3 Å². The zero-order valence-electron chi connectivity index (χ0n) is 13.4. The van der Waals surface area contributed by atoms with Crippen LogP contribution in [0.5, 0.6) is 0 Å². The van der Waals surface area contributed by atoms with Gasteiger partial charge in [0.2, 0.25) is 0 Å². The molecule has 2 fully saturated rings. The molecule has 5 heteroatoms. The van der Waals surface area contributed by atoms with Gasteiger partial charge in [-0.1, -0.05) is 12.1 Å². The summed E-state index contributed by atoms with van der Waals surface area (Å²) in [6, 6.07) is 6.91. The predicted octanol–water partition coefficient (Wildman–Crippen LogP) is 3.29. The summed E-state index contributed by atoms with van der Waals surface area (Å²) in [5.74, 6) is -0.701. The van der Waals surface area contributed by atoms with Crippen molar-refractivity contribution in [1.82, 2.24) is 4.90 Å². The first-order valence-electron chi connectivity index (χ1n) is 8.30. The SMILES string of the molecule is COC(=O)C1C(c2ccc(F)cc2)CC2CCC1N2CCC[18F]. The number of rotatable bonds is 5. The molecule has 126 valence electrons. The minimum Gasteiger partial charge on any atom is -0.469 e. The highest BCUT2D eigenvalue weighted by Gasteiger charge is 2.50. The summed E-state index contributed by atoms with van der Waals surface area (Å²) in [5.41, 5.74) is 0.990. The van der Waals surface area contributed by atoms with E-state index in [0.29, 0.717) is 19.0 Å². The number of piperidine rings is 1. The third kappa shape index (κ3) is 3.11. The molecule has 0 radical (unpaired) electrons. The number of carbonyl (C=O) groups is 1. The van der Waals surface area contributed by atoms with E-state index in [2.05, 4.69) is 4.90 Å². The summed E-state index contributed by atoms with van der Waals surface area (Å²) in [6.45, 7) is 0.357. The highest BCUT2D eigenvalue weighted by molar-refractivity contribution is 5.75. The molecule has 2 saturated heterocycles. The van der Waals surface area contributed by atoms with Crippen molar-refractivity contribution in [2.24, 2.45) is 5.92 Å². The molecule has 2 aliphatic heterocycles. The molecule has 4 atom stereocenters. The smallest absolute Gasteiger partial charge is 0.310 e. The largest absolute Gasteiger partial charge is 0.469 e. The number of hydrogen-bond donors (Lipinski definition) is 0. The first-order chi connectivity index (χ1) is 11.2. The Kier molecular flexibility index (Phi) is 4.95. The molecule has 2 bridgehead atoms. The van der Waals surface area contributed by atoms with Gasteiger partial charge < -0.3 is 4.74 Å². The van der Waals surface area contributed by atoms with Gasteiger partial charge >= 0.3 is 5.97 Å². The second-order valence-electron chi connectivity index (χ2n) is 6.52. The first kappa shape index (κ1) is 16.4. The topological polar surface area (TPSA) is 29.5 Å². The fraction of sp³-hybridized carbons (Fsp3) is 0.611. The zero-order valence-corrected chi connectivity index (χ0v) is 13.4. The van der Waals surface area contributed by atoms with Crippen molar-refractivity contribution < 1.29 is 18.3 Å². The third-order valence-electron chi connectivity index (χ3n) is 5.39. The molecule has 0 N–H and O–H groups in total. The Morgan fingerprint density at radius 2 is 2.04 bits per heavy atom. The van der Waals surface area contributed by atoms with E-state index in [-0.39, 0.29) is 36.3 Å². The molecule has 2 heterocycles. The predicted molar refractivity (Wildman–Crippen MR) is 83.4 cm³/mol. The highest BCUT2D eigenvalue weighted by atomic mass is 19.1. The lowest BCUT2D eigenvalue weighted by Gasteiger charge is -2.43. The van der Waals surface area contributed by atoms with Crippen molar-refractivity contribution in [3.05, 3.63) is 35.6 Å². The van der Waals surface area contributed by atoms with E-state index in [1.165, 1.54) is 19.2 Å². The Bertz CT molecular complexity index is 548. The third-order valence-corrected chi connectivity index (χ3v) is 5.39. The van der Waals surface area contributed by atoms with Gasteiger partial charge in [0.1, 0.15) is 5.82 Å². The molecule has 0 aromatic heterocycles. The van der Waals surface area contributed by atoms with Crippen LogP contribution in [0.3, 0.4) is 0 Å². The maximum atomic E-state index is 13.2. The molecule has 3 nitrogen and oxygen atoms in total. The summed E-state index contributed by atoms with van der Waals surface area (Å²) in [7, 11) is 1.41. The Morgan fingerprint density at radius 1 is 1.30 bits per heavy atom. The highest BCUT2D eigenvalue weighted by Crippen LogP contribution is 2.47. The average molecular weight is 322 g/mol. The maximum Gasteiger partial charge on any atom is 0.310 e. The Labute approximate surface area is 135 Å². The quantitative estimate of drug-likeness (QED) is 0.779. The molecule has 0 aliphatic carbocycles. The first-order valence-corrected chi connectivity index (χ1v) is 8.30. The van der Waals surface area contributed by atoms with E-state index in [4.69, 9.17) is 4.74 Å². The molecule has 0 saturated carbocycles. The summed E-state index contributed by atoms with van der Waals surface area (Å²) in [4.78, 5) is 14.7. The van der Waals surface area contributed by atoms with Crippen LogP contribution in [0, 0.1) is 11.7 Å². The van der Waals surface area contributed by atoms with Crippen molar-refractivity contribution in [1.29, 1.82) is 0 Å². The van der Waals surface area contributed by atoms with Gasteiger partial charge in [-0.3, -0.25) is 14.1 Å². The van der Waals surface area contributed by atoms with Crippen molar-refractivity contribution >= 4 is 5.97 Å². The number of nitrogens with zero attached hydrogens (tertiary/aromatic N) is 1. The van der Waals surface area contributed by atoms with Gasteiger partial charge in [-0.25, -0.2) is 4.39 Å². The number of halogens is 2. The molecule has 1 aromatic carbocycles. The lowest BCUT2D eigenvalue weighted by atomic mass is 9.76. The number of methoxy groups -OCH3 is 1. The zero-order chi connectivity index (χ0) is 16.4. The van der Waals surface area contributed by atoms with Gasteiger partial charge in [-0.15, -0.1) is 0 Å². The maximum absolute atomic E-state index is 13.2. The number of alkyl halides is 1. The number of hydrogen-bond acceptors (Lipinski definition) is 3. The Balaban J connectivity index is 1.88. The molecule has 23 heavy (non-hydrogen) atoms. The van der Waals surface area contributed by atoms with E-state index < -0.39 is 0 Å². The van der Waals surface area contributed by atoms with Crippen molar-refractivity contribution in [3.8, 4) is 0 Å². The minimum absolute atomic E-state index is 0.0437. The molecule has 0 spiro atoms. The fourth-order valence-electron chi connectivity index (χ4n) is 4.41. The summed E-state index contributed by atoms with van der Waals surface area (Å²) in [6.07, 6.45) is 3.31. The molecule has 1 aromatic rings. The van der Waals surface area contributed by atoms with Crippen LogP contribution < -0.4 is 0 Å². The molecule has 4 unspecified atom stereocenters. The van der Waals surface area contributed by atoms with Crippen LogP contribution in [0.1, 0.15) is 37.2 Å². The minimum atomic E-state index is -0.333. The summed E-state index contributed by atoms with van der Waals surface area (Å²) >= 11 is 0. The summed E-state index contributed by atoms with van der Waals surface area (Å²) < 4.78 is 30.8. The van der Waals surface area contributed by atoms with Crippen LogP contribution in [-0.2, 0) is 9.53 Å². The van der Waals surface area contributed by atoms with Crippen LogP contribution in [0.4, 0.5) is 8.78 Å². The molecule has 0 amide bonds. The second-order valence-corrected chi connectivity index (χ2v) is 6.52. The van der Waals surface area contributed by atoms with Gasteiger partial charge in [0, 0.05) is 24.5 Å². The lowest BCUT2D eigenvalue weighted by molar-refractivity contribution is -0.150. The molecule has 3 rings (SSSR count).